The number of aliphatic carboxylic acids is 1. The van der Waals surface area contributed by atoms with Crippen LogP contribution < -0.4 is 16.5 Å². The summed E-state index contributed by atoms with van der Waals surface area (Å²) in [7, 11) is 0. The van der Waals surface area contributed by atoms with Crippen LogP contribution in [-0.2, 0) is 22.6 Å². The van der Waals surface area contributed by atoms with Crippen LogP contribution in [0.25, 0.3) is 0 Å². The van der Waals surface area contributed by atoms with E-state index in [1.807, 2.05) is 36.4 Å². The number of nitrogens with two attached hydrogens (primary N) is 1. The number of hydrogen-bond donors (Lipinski definition) is 4. The molecule has 1 aliphatic heterocycles. The molecule has 0 aliphatic carbocycles. The fourth-order valence-electron chi connectivity index (χ4n) is 4.16. The molecule has 0 spiro atoms. The van der Waals surface area contributed by atoms with Crippen molar-refractivity contribution >= 4 is 35.4 Å². The second-order valence-corrected chi connectivity index (χ2v) is 8.52. The largest absolute Gasteiger partial charge is 0.481 e. The van der Waals surface area contributed by atoms with Crippen molar-refractivity contribution in [2.45, 2.75) is 25.4 Å². The number of hydrogen-bond acceptors (Lipinski definition) is 6. The van der Waals surface area contributed by atoms with Gasteiger partial charge in [-0.3, -0.25) is 14.4 Å². The molecule has 0 radical (unpaired) electrons. The normalized spacial score (nSPS) is 15.2. The molecular formula is C27H27N5O4. The molecule has 0 saturated heterocycles. The minimum Gasteiger partial charge on any atom is -0.481 e. The van der Waals surface area contributed by atoms with Gasteiger partial charge in [0.2, 0.25) is 5.91 Å². The number of carboxylic acid groups (broad SMARTS) is 1. The van der Waals surface area contributed by atoms with E-state index >= 15 is 0 Å². The molecule has 1 unspecified atom stereocenters. The zero-order valence-electron chi connectivity index (χ0n) is 19.6. The molecule has 5 N–H and O–H groups in total. The maximum atomic E-state index is 13.2. The summed E-state index contributed by atoms with van der Waals surface area (Å²) in [4.78, 5) is 39.3. The zero-order chi connectivity index (χ0) is 25.5. The SMILES string of the molecule is NN=Cc1cccc(NC(=O)c2ccc3c(c2)CN(CCc2ccccc2)C(=O)C(CC(=O)O)N3)c1. The highest BCUT2D eigenvalue weighted by Crippen LogP contribution is 2.26. The molecule has 2 amide bonds. The van der Waals surface area contributed by atoms with E-state index < -0.39 is 12.0 Å². The Morgan fingerprint density at radius 2 is 1.92 bits per heavy atom. The van der Waals surface area contributed by atoms with E-state index in [1.54, 1.807) is 41.3 Å². The van der Waals surface area contributed by atoms with E-state index in [0.717, 1.165) is 16.7 Å². The maximum Gasteiger partial charge on any atom is 0.305 e. The van der Waals surface area contributed by atoms with Gasteiger partial charge in [-0.25, -0.2) is 0 Å². The van der Waals surface area contributed by atoms with Gasteiger partial charge in [-0.2, -0.15) is 5.10 Å². The average molecular weight is 486 g/mol. The summed E-state index contributed by atoms with van der Waals surface area (Å²) in [6, 6.07) is 21.1. The quantitative estimate of drug-likeness (QED) is 0.220. The Hall–Kier alpha value is -4.66. The molecular weight excluding hydrogens is 458 g/mol. The van der Waals surface area contributed by atoms with Crippen molar-refractivity contribution in [3.8, 4) is 0 Å². The van der Waals surface area contributed by atoms with Crippen LogP contribution in [0.15, 0.2) is 77.9 Å². The first-order valence-corrected chi connectivity index (χ1v) is 11.5. The summed E-state index contributed by atoms with van der Waals surface area (Å²) in [6.45, 7) is 0.680. The lowest BCUT2D eigenvalue weighted by atomic mass is 10.1. The molecule has 0 saturated carbocycles. The van der Waals surface area contributed by atoms with Gasteiger partial charge < -0.3 is 26.5 Å². The average Bonchev–Trinajstić information content (AvgIpc) is 2.99. The lowest BCUT2D eigenvalue weighted by Crippen LogP contribution is -2.42. The molecule has 4 rings (SSSR count). The van der Waals surface area contributed by atoms with Gasteiger partial charge in [0, 0.05) is 30.0 Å². The Morgan fingerprint density at radius 3 is 2.67 bits per heavy atom. The summed E-state index contributed by atoms with van der Waals surface area (Å²) < 4.78 is 0. The number of carbonyl (C=O) groups excluding carboxylic acids is 2. The first-order valence-electron chi connectivity index (χ1n) is 11.5. The molecule has 36 heavy (non-hydrogen) atoms. The lowest BCUT2D eigenvalue weighted by molar-refractivity contribution is -0.141. The van der Waals surface area contributed by atoms with Gasteiger partial charge in [0.05, 0.1) is 12.6 Å². The number of nitrogens with zero attached hydrogens (tertiary/aromatic N) is 2. The van der Waals surface area contributed by atoms with Crippen molar-refractivity contribution in [1.29, 1.82) is 0 Å². The molecule has 1 aliphatic rings. The third kappa shape index (κ3) is 6.06. The number of fused-ring (bicyclic) bond motifs is 1. The summed E-state index contributed by atoms with van der Waals surface area (Å²) >= 11 is 0. The van der Waals surface area contributed by atoms with Crippen LogP contribution in [0.5, 0.6) is 0 Å². The van der Waals surface area contributed by atoms with Gasteiger partial charge in [0.15, 0.2) is 0 Å². The zero-order valence-corrected chi connectivity index (χ0v) is 19.6. The second kappa shape index (κ2) is 11.2. The number of benzene rings is 3. The van der Waals surface area contributed by atoms with E-state index in [0.29, 0.717) is 29.9 Å². The Bertz CT molecular complexity index is 1290. The summed E-state index contributed by atoms with van der Waals surface area (Å²) in [6.07, 6.45) is 1.77. The topological polar surface area (TPSA) is 137 Å². The Kier molecular flexibility index (Phi) is 7.60. The molecule has 1 atom stereocenters. The van der Waals surface area contributed by atoms with Gasteiger partial charge in [-0.05, 0) is 53.4 Å². The molecule has 3 aromatic rings. The molecule has 9 heteroatoms. The number of hydrazone groups is 1. The predicted molar refractivity (Wildman–Crippen MR) is 138 cm³/mol. The highest BCUT2D eigenvalue weighted by molar-refractivity contribution is 6.05. The fourth-order valence-corrected chi connectivity index (χ4v) is 4.16. The highest BCUT2D eigenvalue weighted by Gasteiger charge is 2.31. The van der Waals surface area contributed by atoms with E-state index in [9.17, 15) is 19.5 Å². The molecule has 0 bridgehead atoms. The second-order valence-electron chi connectivity index (χ2n) is 8.52. The lowest BCUT2D eigenvalue weighted by Gasteiger charge is -2.24. The van der Waals surface area contributed by atoms with Gasteiger partial charge in [0.25, 0.3) is 5.91 Å². The van der Waals surface area contributed by atoms with Crippen molar-refractivity contribution < 1.29 is 19.5 Å². The van der Waals surface area contributed by atoms with Crippen LogP contribution in [0.1, 0.15) is 33.5 Å². The Morgan fingerprint density at radius 1 is 1.11 bits per heavy atom. The van der Waals surface area contributed by atoms with E-state index in [4.69, 9.17) is 5.84 Å². The fraction of sp³-hybridized carbons (Fsp3) is 0.185. The number of carboxylic acids is 1. The minimum atomic E-state index is -1.06. The predicted octanol–water partition coefficient (Wildman–Crippen LogP) is 3.07. The van der Waals surface area contributed by atoms with Crippen LogP contribution in [-0.4, -0.2) is 46.6 Å². The van der Waals surface area contributed by atoms with Crippen LogP contribution in [0, 0.1) is 0 Å². The molecule has 1 heterocycles. The standard InChI is InChI=1S/C27H27N5O4/c28-29-16-19-7-4-8-22(13-19)30-26(35)20-9-10-23-21(14-20)17-32(12-11-18-5-2-1-3-6-18)27(36)24(31-23)15-25(33)34/h1-10,13-14,16,24,31H,11-12,15,17,28H2,(H,30,35)(H,33,34). The van der Waals surface area contributed by atoms with Crippen molar-refractivity contribution in [2.75, 3.05) is 17.2 Å². The van der Waals surface area contributed by atoms with Crippen LogP contribution in [0.2, 0.25) is 0 Å². The first kappa shape index (κ1) is 24.5. The molecule has 0 fully saturated rings. The molecule has 9 nitrogen and oxygen atoms in total. The highest BCUT2D eigenvalue weighted by atomic mass is 16.4. The third-order valence-corrected chi connectivity index (χ3v) is 5.93. The molecule has 0 aromatic heterocycles. The van der Waals surface area contributed by atoms with Gasteiger partial charge in [-0.15, -0.1) is 0 Å². The Labute approximate surface area is 208 Å². The monoisotopic (exact) mass is 485 g/mol. The third-order valence-electron chi connectivity index (χ3n) is 5.93. The van der Waals surface area contributed by atoms with Crippen LogP contribution in [0.4, 0.5) is 11.4 Å². The van der Waals surface area contributed by atoms with Crippen LogP contribution in [0.3, 0.4) is 0 Å². The van der Waals surface area contributed by atoms with Gasteiger partial charge in [0.1, 0.15) is 6.04 Å². The van der Waals surface area contributed by atoms with Crippen molar-refractivity contribution in [2.24, 2.45) is 10.9 Å². The van der Waals surface area contributed by atoms with Crippen molar-refractivity contribution in [3.05, 3.63) is 95.1 Å². The van der Waals surface area contributed by atoms with Gasteiger partial charge >= 0.3 is 5.97 Å². The Balaban J connectivity index is 1.57. The number of anilines is 2. The number of amides is 2. The minimum absolute atomic E-state index is 0.258. The number of rotatable bonds is 8. The maximum absolute atomic E-state index is 13.2. The summed E-state index contributed by atoms with van der Waals surface area (Å²) in [5.41, 5.74) is 4.20. The smallest absolute Gasteiger partial charge is 0.305 e. The summed E-state index contributed by atoms with van der Waals surface area (Å²) in [5.74, 6) is 3.55. The van der Waals surface area contributed by atoms with Crippen molar-refractivity contribution in [1.82, 2.24) is 4.90 Å². The molecule has 184 valence electrons. The van der Waals surface area contributed by atoms with E-state index in [-0.39, 0.29) is 24.8 Å². The van der Waals surface area contributed by atoms with Crippen molar-refractivity contribution in [3.63, 3.8) is 0 Å². The summed E-state index contributed by atoms with van der Waals surface area (Å²) in [5, 5.41) is 18.8. The molecule has 3 aromatic carbocycles. The first-order chi connectivity index (χ1) is 17.4. The van der Waals surface area contributed by atoms with Gasteiger partial charge in [-0.1, -0.05) is 42.5 Å². The van der Waals surface area contributed by atoms with Crippen LogP contribution >= 0.6 is 0 Å². The van der Waals surface area contributed by atoms with E-state index in [1.165, 1.54) is 6.21 Å². The van der Waals surface area contributed by atoms with E-state index in [2.05, 4.69) is 15.7 Å². The number of carbonyl (C=O) groups is 3. The number of nitrogens with one attached hydrogen (secondary N) is 2.